The zero-order valence-electron chi connectivity index (χ0n) is 11.0. The summed E-state index contributed by atoms with van der Waals surface area (Å²) in [6.07, 6.45) is 1.10. The van der Waals surface area contributed by atoms with E-state index in [-0.39, 0.29) is 27.8 Å². The highest BCUT2D eigenvalue weighted by molar-refractivity contribution is 6.39. The normalized spacial score (nSPS) is 10.3. The van der Waals surface area contributed by atoms with E-state index in [1.54, 1.807) is 18.2 Å². The molecule has 2 rings (SSSR count). The van der Waals surface area contributed by atoms with Crippen LogP contribution < -0.4 is 10.9 Å². The van der Waals surface area contributed by atoms with Gasteiger partial charge < -0.3 is 15.0 Å². The van der Waals surface area contributed by atoms with Crippen molar-refractivity contribution in [3.8, 4) is 0 Å². The molecule has 22 heavy (non-hydrogen) atoms. The Hall–Kier alpha value is -2.31. The summed E-state index contributed by atoms with van der Waals surface area (Å²) in [6, 6.07) is 6.99. The molecular weight excluding hydrogens is 331 g/mol. The number of para-hydroxylation sites is 1. The van der Waals surface area contributed by atoms with Crippen molar-refractivity contribution in [2.45, 2.75) is 6.54 Å². The Morgan fingerprint density at radius 2 is 1.77 bits per heavy atom. The molecule has 0 bridgehead atoms. The van der Waals surface area contributed by atoms with Crippen molar-refractivity contribution in [1.29, 1.82) is 0 Å². The fraction of sp³-hybridized carbons (Fsp3) is 0.0714. The van der Waals surface area contributed by atoms with Gasteiger partial charge in [0.15, 0.2) is 0 Å². The van der Waals surface area contributed by atoms with Crippen molar-refractivity contribution in [3.63, 3.8) is 0 Å². The van der Waals surface area contributed by atoms with E-state index < -0.39 is 17.4 Å². The molecule has 0 atom stereocenters. The lowest BCUT2D eigenvalue weighted by atomic mass is 10.3. The molecule has 2 N–H and O–H groups in total. The topological polar surface area (TPSA) is 88.4 Å². The molecule has 0 aliphatic heterocycles. The number of pyridine rings is 1. The Balaban J connectivity index is 2.21. The van der Waals surface area contributed by atoms with Crippen LogP contribution >= 0.6 is 23.2 Å². The number of carboxylic acid groups (broad SMARTS) is 1. The van der Waals surface area contributed by atoms with Crippen molar-refractivity contribution in [2.75, 3.05) is 5.32 Å². The largest absolute Gasteiger partial charge is 0.478 e. The standard InChI is InChI=1S/C14H10Cl2N2O4/c15-9-2-1-3-10(16)13(9)17-11(19)7-18-6-8(14(21)22)4-5-12(18)20/h1-6H,7H2,(H,17,19)(H,21,22). The van der Waals surface area contributed by atoms with Gasteiger partial charge in [0.05, 0.1) is 21.3 Å². The van der Waals surface area contributed by atoms with E-state index >= 15 is 0 Å². The number of hydrogen-bond donors (Lipinski definition) is 2. The highest BCUT2D eigenvalue weighted by atomic mass is 35.5. The van der Waals surface area contributed by atoms with Gasteiger partial charge in [-0.15, -0.1) is 0 Å². The van der Waals surface area contributed by atoms with Crippen LogP contribution in [0.4, 0.5) is 5.69 Å². The second-order valence-corrected chi connectivity index (χ2v) is 5.15. The number of nitrogens with one attached hydrogen (secondary N) is 1. The maximum Gasteiger partial charge on any atom is 0.337 e. The molecule has 0 saturated heterocycles. The van der Waals surface area contributed by atoms with Crippen LogP contribution in [0.25, 0.3) is 0 Å². The number of anilines is 1. The number of carboxylic acids is 1. The van der Waals surface area contributed by atoms with Gasteiger partial charge in [0.1, 0.15) is 6.54 Å². The number of carbonyl (C=O) groups excluding carboxylic acids is 1. The third-order valence-electron chi connectivity index (χ3n) is 2.77. The maximum absolute atomic E-state index is 12.0. The van der Waals surface area contributed by atoms with Gasteiger partial charge in [0.2, 0.25) is 5.91 Å². The number of halogens is 2. The lowest BCUT2D eigenvalue weighted by molar-refractivity contribution is -0.116. The Morgan fingerprint density at radius 1 is 1.14 bits per heavy atom. The fourth-order valence-electron chi connectivity index (χ4n) is 1.73. The van der Waals surface area contributed by atoms with E-state index in [1.807, 2.05) is 0 Å². The Bertz CT molecular complexity index is 781. The molecule has 0 spiro atoms. The van der Waals surface area contributed by atoms with Crippen molar-refractivity contribution < 1.29 is 14.7 Å². The predicted octanol–water partition coefficient (Wildman–Crippen LogP) is 2.49. The molecule has 6 nitrogen and oxygen atoms in total. The molecule has 0 radical (unpaired) electrons. The minimum atomic E-state index is -1.19. The van der Waals surface area contributed by atoms with Gasteiger partial charge in [-0.1, -0.05) is 29.3 Å². The first-order valence-electron chi connectivity index (χ1n) is 6.06. The highest BCUT2D eigenvalue weighted by Gasteiger charge is 2.12. The zero-order chi connectivity index (χ0) is 16.3. The van der Waals surface area contributed by atoms with Gasteiger partial charge in [0, 0.05) is 12.3 Å². The molecule has 0 aliphatic rings. The number of carbonyl (C=O) groups is 2. The second-order valence-electron chi connectivity index (χ2n) is 4.33. The molecule has 0 unspecified atom stereocenters. The molecule has 0 saturated carbocycles. The third-order valence-corrected chi connectivity index (χ3v) is 3.40. The van der Waals surface area contributed by atoms with Crippen molar-refractivity contribution in [3.05, 3.63) is 62.5 Å². The van der Waals surface area contributed by atoms with Crippen molar-refractivity contribution in [1.82, 2.24) is 4.57 Å². The second kappa shape index (κ2) is 6.64. The summed E-state index contributed by atoms with van der Waals surface area (Å²) >= 11 is 11.9. The van der Waals surface area contributed by atoms with E-state index in [0.717, 1.165) is 16.8 Å². The van der Waals surface area contributed by atoms with Gasteiger partial charge in [-0.25, -0.2) is 4.79 Å². The molecule has 1 aromatic heterocycles. The first-order chi connectivity index (χ1) is 10.4. The molecule has 114 valence electrons. The number of aromatic carboxylic acids is 1. The summed E-state index contributed by atoms with van der Waals surface area (Å²) in [5.74, 6) is -1.75. The van der Waals surface area contributed by atoms with Gasteiger partial charge in [-0.05, 0) is 18.2 Å². The lowest BCUT2D eigenvalue weighted by Crippen LogP contribution is -2.27. The number of benzene rings is 1. The Kier molecular flexibility index (Phi) is 4.85. The molecule has 0 fully saturated rings. The van der Waals surface area contributed by atoms with E-state index in [1.165, 1.54) is 6.07 Å². The number of rotatable bonds is 4. The summed E-state index contributed by atoms with van der Waals surface area (Å²) < 4.78 is 0.990. The Labute approximate surface area is 134 Å². The molecule has 1 amide bonds. The highest BCUT2D eigenvalue weighted by Crippen LogP contribution is 2.29. The predicted molar refractivity (Wildman–Crippen MR) is 82.8 cm³/mol. The van der Waals surface area contributed by atoms with Crippen LogP contribution in [0, 0.1) is 0 Å². The zero-order valence-corrected chi connectivity index (χ0v) is 12.6. The van der Waals surface area contributed by atoms with Gasteiger partial charge >= 0.3 is 5.97 Å². The van der Waals surface area contributed by atoms with Crippen molar-refractivity contribution >= 4 is 40.8 Å². The van der Waals surface area contributed by atoms with Crippen LogP contribution in [-0.4, -0.2) is 21.6 Å². The van der Waals surface area contributed by atoms with Gasteiger partial charge in [-0.3, -0.25) is 9.59 Å². The quantitative estimate of drug-likeness (QED) is 0.894. The minimum absolute atomic E-state index is 0.0943. The van der Waals surface area contributed by atoms with E-state index in [2.05, 4.69) is 5.32 Å². The number of hydrogen-bond acceptors (Lipinski definition) is 3. The Morgan fingerprint density at radius 3 is 2.36 bits per heavy atom. The van der Waals surface area contributed by atoms with E-state index in [9.17, 15) is 14.4 Å². The molecular formula is C14H10Cl2N2O4. The smallest absolute Gasteiger partial charge is 0.337 e. The van der Waals surface area contributed by atoms with Gasteiger partial charge in [0.25, 0.3) is 5.56 Å². The van der Waals surface area contributed by atoms with Crippen LogP contribution in [-0.2, 0) is 11.3 Å². The van der Waals surface area contributed by atoms with Crippen LogP contribution in [0.15, 0.2) is 41.3 Å². The minimum Gasteiger partial charge on any atom is -0.478 e. The molecule has 8 heteroatoms. The van der Waals surface area contributed by atoms with Crippen molar-refractivity contribution in [2.24, 2.45) is 0 Å². The van der Waals surface area contributed by atoms with E-state index in [4.69, 9.17) is 28.3 Å². The van der Waals surface area contributed by atoms with E-state index in [0.29, 0.717) is 0 Å². The SMILES string of the molecule is O=C(Cn1cc(C(=O)O)ccc1=O)Nc1c(Cl)cccc1Cl. The van der Waals surface area contributed by atoms with Gasteiger partial charge in [-0.2, -0.15) is 0 Å². The first-order valence-corrected chi connectivity index (χ1v) is 6.81. The number of amides is 1. The molecule has 1 aromatic carbocycles. The first kappa shape index (κ1) is 16.1. The molecule has 1 heterocycles. The monoisotopic (exact) mass is 340 g/mol. The fourth-order valence-corrected chi connectivity index (χ4v) is 2.22. The summed E-state index contributed by atoms with van der Waals surface area (Å²) in [5.41, 5.74) is -0.355. The molecule has 2 aromatic rings. The third kappa shape index (κ3) is 3.66. The lowest BCUT2D eigenvalue weighted by Gasteiger charge is -2.10. The average Bonchev–Trinajstić information content (AvgIpc) is 2.45. The average molecular weight is 341 g/mol. The van der Waals surface area contributed by atoms with Crippen LogP contribution in [0.1, 0.15) is 10.4 Å². The summed E-state index contributed by atoms with van der Waals surface area (Å²) in [4.78, 5) is 34.5. The summed E-state index contributed by atoms with van der Waals surface area (Å²) in [7, 11) is 0. The summed E-state index contributed by atoms with van der Waals surface area (Å²) in [5, 5.41) is 11.9. The van der Waals surface area contributed by atoms with Crippen LogP contribution in [0.5, 0.6) is 0 Å². The van der Waals surface area contributed by atoms with Crippen LogP contribution in [0.2, 0.25) is 10.0 Å². The number of nitrogens with zero attached hydrogens (tertiary/aromatic N) is 1. The summed E-state index contributed by atoms with van der Waals surface area (Å²) in [6.45, 7) is -0.360. The van der Waals surface area contributed by atoms with Crippen LogP contribution in [0.3, 0.4) is 0 Å². The number of aromatic nitrogens is 1. The molecule has 0 aliphatic carbocycles. The maximum atomic E-state index is 12.0.